The SMILES string of the molecule is COc1ccc(CN(C)CC2CCCN2C)cc1N. The van der Waals surface area contributed by atoms with E-state index < -0.39 is 0 Å². The highest BCUT2D eigenvalue weighted by Crippen LogP contribution is 2.23. The van der Waals surface area contributed by atoms with E-state index in [0.717, 1.165) is 18.8 Å². The van der Waals surface area contributed by atoms with Crippen LogP contribution in [0.4, 0.5) is 5.69 Å². The molecule has 1 aliphatic rings. The van der Waals surface area contributed by atoms with Crippen LogP contribution in [0.2, 0.25) is 0 Å². The zero-order valence-electron chi connectivity index (χ0n) is 12.2. The molecule has 1 heterocycles. The van der Waals surface area contributed by atoms with Gasteiger partial charge in [0.1, 0.15) is 5.75 Å². The quantitative estimate of drug-likeness (QED) is 0.823. The first-order valence-electron chi connectivity index (χ1n) is 6.91. The highest BCUT2D eigenvalue weighted by Gasteiger charge is 2.21. The molecule has 0 radical (unpaired) electrons. The Balaban J connectivity index is 1.91. The van der Waals surface area contributed by atoms with Crippen LogP contribution in [0.25, 0.3) is 0 Å². The maximum absolute atomic E-state index is 5.94. The number of hydrogen-bond donors (Lipinski definition) is 1. The summed E-state index contributed by atoms with van der Waals surface area (Å²) in [5.41, 5.74) is 7.89. The zero-order chi connectivity index (χ0) is 13.8. The Morgan fingerprint density at radius 1 is 1.47 bits per heavy atom. The summed E-state index contributed by atoms with van der Waals surface area (Å²) in [6, 6.07) is 6.73. The molecule has 0 aromatic heterocycles. The van der Waals surface area contributed by atoms with Crippen LogP contribution in [0.15, 0.2) is 18.2 Å². The Bertz CT molecular complexity index is 422. The molecule has 1 aromatic rings. The van der Waals surface area contributed by atoms with Crippen LogP contribution in [-0.2, 0) is 6.54 Å². The van der Waals surface area contributed by atoms with Crippen LogP contribution in [0.1, 0.15) is 18.4 Å². The number of methoxy groups -OCH3 is 1. The molecule has 4 heteroatoms. The molecule has 1 aliphatic heterocycles. The molecule has 1 unspecified atom stereocenters. The summed E-state index contributed by atoms with van der Waals surface area (Å²) >= 11 is 0. The van der Waals surface area contributed by atoms with Crippen LogP contribution in [0.5, 0.6) is 5.75 Å². The number of ether oxygens (including phenoxy) is 1. The smallest absolute Gasteiger partial charge is 0.141 e. The van der Waals surface area contributed by atoms with Gasteiger partial charge in [0.25, 0.3) is 0 Å². The van der Waals surface area contributed by atoms with E-state index in [9.17, 15) is 0 Å². The molecule has 1 atom stereocenters. The first kappa shape index (κ1) is 14.2. The molecule has 1 fully saturated rings. The van der Waals surface area contributed by atoms with Gasteiger partial charge in [-0.2, -0.15) is 0 Å². The van der Waals surface area contributed by atoms with Gasteiger partial charge >= 0.3 is 0 Å². The van der Waals surface area contributed by atoms with E-state index in [2.05, 4.69) is 30.0 Å². The van der Waals surface area contributed by atoms with E-state index in [4.69, 9.17) is 10.5 Å². The molecule has 1 aromatic carbocycles. The van der Waals surface area contributed by atoms with Gasteiger partial charge < -0.3 is 20.3 Å². The highest BCUT2D eigenvalue weighted by atomic mass is 16.5. The van der Waals surface area contributed by atoms with Crippen molar-refractivity contribution < 1.29 is 4.74 Å². The van der Waals surface area contributed by atoms with E-state index in [1.165, 1.54) is 24.9 Å². The van der Waals surface area contributed by atoms with E-state index in [1.54, 1.807) is 7.11 Å². The predicted octanol–water partition coefficient (Wildman–Crippen LogP) is 1.80. The van der Waals surface area contributed by atoms with Gasteiger partial charge in [-0.3, -0.25) is 0 Å². The normalized spacial score (nSPS) is 20.1. The van der Waals surface area contributed by atoms with Gasteiger partial charge in [-0.15, -0.1) is 0 Å². The second-order valence-corrected chi connectivity index (χ2v) is 5.55. The Hall–Kier alpha value is -1.26. The maximum Gasteiger partial charge on any atom is 0.141 e. The molecule has 1 saturated heterocycles. The molecular formula is C15H25N3O. The summed E-state index contributed by atoms with van der Waals surface area (Å²) in [7, 11) is 6.04. The van der Waals surface area contributed by atoms with Gasteiger partial charge in [0, 0.05) is 19.1 Å². The fourth-order valence-corrected chi connectivity index (χ4v) is 2.83. The van der Waals surface area contributed by atoms with E-state index in [0.29, 0.717) is 11.7 Å². The number of nitrogens with zero attached hydrogens (tertiary/aromatic N) is 2. The lowest BCUT2D eigenvalue weighted by Gasteiger charge is -2.26. The molecule has 2 rings (SSSR count). The van der Waals surface area contributed by atoms with Crippen molar-refractivity contribution in [3.8, 4) is 5.75 Å². The van der Waals surface area contributed by atoms with E-state index in [1.807, 2.05) is 12.1 Å². The molecule has 0 aliphatic carbocycles. The monoisotopic (exact) mass is 263 g/mol. The molecule has 0 spiro atoms. The average Bonchev–Trinajstić information content (AvgIpc) is 2.75. The molecular weight excluding hydrogens is 238 g/mol. The van der Waals surface area contributed by atoms with Crippen LogP contribution in [0, 0.1) is 0 Å². The van der Waals surface area contributed by atoms with Crippen LogP contribution in [-0.4, -0.2) is 50.1 Å². The summed E-state index contributed by atoms with van der Waals surface area (Å²) in [6.07, 6.45) is 2.64. The second-order valence-electron chi connectivity index (χ2n) is 5.55. The molecule has 106 valence electrons. The topological polar surface area (TPSA) is 41.7 Å². The largest absolute Gasteiger partial charge is 0.495 e. The minimum Gasteiger partial charge on any atom is -0.495 e. The van der Waals surface area contributed by atoms with Gasteiger partial charge in [0.15, 0.2) is 0 Å². The molecule has 2 N–H and O–H groups in total. The highest BCUT2D eigenvalue weighted by molar-refractivity contribution is 5.54. The van der Waals surface area contributed by atoms with Crippen LogP contribution >= 0.6 is 0 Å². The molecule has 4 nitrogen and oxygen atoms in total. The first-order valence-corrected chi connectivity index (χ1v) is 6.91. The van der Waals surface area contributed by atoms with Crippen molar-refractivity contribution in [2.45, 2.75) is 25.4 Å². The summed E-state index contributed by atoms with van der Waals surface area (Å²) in [5.74, 6) is 0.752. The van der Waals surface area contributed by atoms with Crippen molar-refractivity contribution >= 4 is 5.69 Å². The van der Waals surface area contributed by atoms with Gasteiger partial charge in [0.2, 0.25) is 0 Å². The van der Waals surface area contributed by atoms with Gasteiger partial charge in [-0.05, 0) is 51.2 Å². The predicted molar refractivity (Wildman–Crippen MR) is 79.4 cm³/mol. The van der Waals surface area contributed by atoms with Crippen LogP contribution < -0.4 is 10.5 Å². The minimum absolute atomic E-state index is 0.695. The Labute approximate surface area is 116 Å². The minimum atomic E-state index is 0.695. The lowest BCUT2D eigenvalue weighted by Crippen LogP contribution is -2.36. The molecule has 0 saturated carbocycles. The van der Waals surface area contributed by atoms with Gasteiger partial charge in [0.05, 0.1) is 12.8 Å². The molecule has 19 heavy (non-hydrogen) atoms. The first-order chi connectivity index (χ1) is 9.10. The van der Waals surface area contributed by atoms with Crippen molar-refractivity contribution in [1.82, 2.24) is 9.80 Å². The van der Waals surface area contributed by atoms with Crippen molar-refractivity contribution in [2.75, 3.05) is 40.0 Å². The summed E-state index contributed by atoms with van der Waals surface area (Å²) in [5, 5.41) is 0. The van der Waals surface area contributed by atoms with Gasteiger partial charge in [-0.25, -0.2) is 0 Å². The summed E-state index contributed by atoms with van der Waals surface area (Å²) in [4.78, 5) is 4.83. The van der Waals surface area contributed by atoms with Crippen molar-refractivity contribution in [3.63, 3.8) is 0 Å². The number of nitrogens with two attached hydrogens (primary N) is 1. The number of likely N-dealkylation sites (N-methyl/N-ethyl adjacent to an activating group) is 2. The number of rotatable bonds is 5. The van der Waals surface area contributed by atoms with Crippen LogP contribution in [0.3, 0.4) is 0 Å². The standard InChI is InChI=1S/C15H25N3O/c1-17(11-13-5-4-8-18(13)2)10-12-6-7-15(19-3)14(16)9-12/h6-7,9,13H,4-5,8,10-11,16H2,1-3H3. The van der Waals surface area contributed by atoms with Crippen molar-refractivity contribution in [1.29, 1.82) is 0 Å². The lowest BCUT2D eigenvalue weighted by atomic mass is 10.1. The Morgan fingerprint density at radius 2 is 2.26 bits per heavy atom. The zero-order valence-corrected chi connectivity index (χ0v) is 12.2. The molecule has 0 amide bonds. The van der Waals surface area contributed by atoms with Crippen molar-refractivity contribution in [3.05, 3.63) is 23.8 Å². The number of anilines is 1. The third-order valence-electron chi connectivity index (χ3n) is 3.94. The number of nitrogen functional groups attached to an aromatic ring is 1. The maximum atomic E-state index is 5.94. The second kappa shape index (κ2) is 6.26. The fourth-order valence-electron chi connectivity index (χ4n) is 2.83. The number of likely N-dealkylation sites (tertiary alicyclic amines) is 1. The lowest BCUT2D eigenvalue weighted by molar-refractivity contribution is 0.215. The van der Waals surface area contributed by atoms with E-state index >= 15 is 0 Å². The fraction of sp³-hybridized carbons (Fsp3) is 0.600. The third kappa shape index (κ3) is 3.61. The summed E-state index contributed by atoms with van der Waals surface area (Å²) < 4.78 is 5.18. The third-order valence-corrected chi connectivity index (χ3v) is 3.94. The Morgan fingerprint density at radius 3 is 2.84 bits per heavy atom. The van der Waals surface area contributed by atoms with Crippen molar-refractivity contribution in [2.24, 2.45) is 0 Å². The molecule has 0 bridgehead atoms. The van der Waals surface area contributed by atoms with Gasteiger partial charge in [-0.1, -0.05) is 6.07 Å². The summed E-state index contributed by atoms with van der Waals surface area (Å²) in [6.45, 7) is 3.27. The van der Waals surface area contributed by atoms with E-state index in [-0.39, 0.29) is 0 Å². The Kier molecular flexibility index (Phi) is 4.66. The number of hydrogen-bond acceptors (Lipinski definition) is 4. The number of benzene rings is 1. The average molecular weight is 263 g/mol.